The lowest BCUT2D eigenvalue weighted by Gasteiger charge is -2.35. The van der Waals surface area contributed by atoms with Crippen LogP contribution in [0.4, 0.5) is 0 Å². The molecule has 1 spiro atoms. The molecule has 0 amide bonds. The normalized spacial score (nSPS) is 23.0. The maximum Gasteiger partial charge on any atom is 0.260 e. The van der Waals surface area contributed by atoms with Crippen LogP contribution in [0.3, 0.4) is 0 Å². The molecule has 8 nitrogen and oxygen atoms in total. The molecule has 1 saturated heterocycles. The summed E-state index contributed by atoms with van der Waals surface area (Å²) in [5, 5.41) is 7.44. The summed E-state index contributed by atoms with van der Waals surface area (Å²) in [4.78, 5) is 0. The molecule has 3 rings (SSSR count). The van der Waals surface area contributed by atoms with E-state index in [1.807, 2.05) is 0 Å². The molecule has 2 aliphatic rings. The van der Waals surface area contributed by atoms with E-state index in [2.05, 4.69) is 31.0 Å². The average molecular weight is 381 g/mol. The molecule has 21 heavy (non-hydrogen) atoms. The van der Waals surface area contributed by atoms with E-state index in [0.717, 1.165) is 0 Å². The highest BCUT2D eigenvalue weighted by Crippen LogP contribution is 2.36. The summed E-state index contributed by atoms with van der Waals surface area (Å²) in [6.07, 6.45) is 2.76. The van der Waals surface area contributed by atoms with E-state index in [1.165, 1.54) is 4.68 Å². The Labute approximate surface area is 131 Å². The van der Waals surface area contributed by atoms with Crippen molar-refractivity contribution >= 4 is 26.0 Å². The van der Waals surface area contributed by atoms with Gasteiger partial charge < -0.3 is 9.47 Å². The molecule has 2 heterocycles. The third-order valence-corrected chi connectivity index (χ3v) is 6.28. The zero-order valence-corrected chi connectivity index (χ0v) is 14.0. The minimum Gasteiger partial charge on any atom is -0.348 e. The monoisotopic (exact) mass is 380 g/mol. The van der Waals surface area contributed by atoms with E-state index in [9.17, 15) is 8.42 Å². The zero-order valence-electron chi connectivity index (χ0n) is 11.6. The summed E-state index contributed by atoms with van der Waals surface area (Å²) in [6, 6.07) is -0.129. The Bertz CT molecular complexity index is 597. The van der Waals surface area contributed by atoms with Gasteiger partial charge in [0.2, 0.25) is 5.03 Å². The third kappa shape index (κ3) is 3.00. The van der Waals surface area contributed by atoms with Crippen molar-refractivity contribution in [3.63, 3.8) is 0 Å². The molecule has 118 valence electrons. The van der Waals surface area contributed by atoms with Gasteiger partial charge in [-0.1, -0.05) is 5.21 Å². The molecule has 2 fully saturated rings. The molecular formula is C11H17BrN4O4S. The van der Waals surface area contributed by atoms with Gasteiger partial charge in [-0.3, -0.25) is 0 Å². The quantitative estimate of drug-likeness (QED) is 0.821. The first-order valence-electron chi connectivity index (χ1n) is 6.77. The smallest absolute Gasteiger partial charge is 0.260 e. The van der Waals surface area contributed by atoms with Crippen LogP contribution in [-0.4, -0.2) is 48.5 Å². The first-order valence-corrected chi connectivity index (χ1v) is 9.05. The molecular weight excluding hydrogens is 364 g/mol. The fourth-order valence-electron chi connectivity index (χ4n) is 2.84. The second-order valence-electron chi connectivity index (χ2n) is 5.31. The topological polar surface area (TPSA) is 95.3 Å². The number of hydrogen-bond acceptors (Lipinski definition) is 6. The Kier molecular flexibility index (Phi) is 4.08. The molecule has 0 unspecified atom stereocenters. The van der Waals surface area contributed by atoms with Crippen LogP contribution in [0.25, 0.3) is 0 Å². The van der Waals surface area contributed by atoms with E-state index in [1.54, 1.807) is 7.05 Å². The van der Waals surface area contributed by atoms with Crippen molar-refractivity contribution in [2.45, 2.75) is 42.5 Å². The highest BCUT2D eigenvalue weighted by molar-refractivity contribution is 9.10. The van der Waals surface area contributed by atoms with Gasteiger partial charge in [-0.15, -0.1) is 5.10 Å². The highest BCUT2D eigenvalue weighted by Gasteiger charge is 2.41. The Balaban J connectivity index is 1.67. The van der Waals surface area contributed by atoms with Gasteiger partial charge in [-0.25, -0.2) is 17.8 Å². The van der Waals surface area contributed by atoms with Gasteiger partial charge in [-0.2, -0.15) is 0 Å². The first-order chi connectivity index (χ1) is 9.92. The largest absolute Gasteiger partial charge is 0.348 e. The number of rotatable bonds is 3. The van der Waals surface area contributed by atoms with Crippen LogP contribution >= 0.6 is 15.9 Å². The summed E-state index contributed by atoms with van der Waals surface area (Å²) in [7, 11) is -2.11. The second kappa shape index (κ2) is 5.58. The molecule has 1 saturated carbocycles. The van der Waals surface area contributed by atoms with Crippen molar-refractivity contribution in [2.24, 2.45) is 7.05 Å². The SMILES string of the molecule is Cn1nnc(Br)c1S(=O)(=O)NC1CCC2(CC1)OCCO2. The Morgan fingerprint density at radius 3 is 2.48 bits per heavy atom. The molecule has 1 aliphatic carbocycles. The Hall–Kier alpha value is -0.550. The second-order valence-corrected chi connectivity index (χ2v) is 7.69. The van der Waals surface area contributed by atoms with Crippen molar-refractivity contribution < 1.29 is 17.9 Å². The lowest BCUT2D eigenvalue weighted by Crippen LogP contribution is -2.44. The fraction of sp³-hybridized carbons (Fsp3) is 0.818. The van der Waals surface area contributed by atoms with Gasteiger partial charge in [0.05, 0.1) is 13.2 Å². The summed E-state index contributed by atoms with van der Waals surface area (Å²) in [5.41, 5.74) is 0. The maximum atomic E-state index is 12.4. The Morgan fingerprint density at radius 1 is 1.33 bits per heavy atom. The first kappa shape index (κ1) is 15.3. The number of nitrogens with zero attached hydrogens (tertiary/aromatic N) is 3. The summed E-state index contributed by atoms with van der Waals surface area (Å²) in [5.74, 6) is -0.489. The van der Waals surface area contributed by atoms with Gasteiger partial charge >= 0.3 is 0 Å². The van der Waals surface area contributed by atoms with Crippen LogP contribution in [-0.2, 0) is 26.5 Å². The van der Waals surface area contributed by atoms with Crippen molar-refractivity contribution in [3.8, 4) is 0 Å². The molecule has 1 aliphatic heterocycles. The van der Waals surface area contributed by atoms with E-state index >= 15 is 0 Å². The minimum atomic E-state index is -3.65. The fourth-order valence-corrected chi connectivity index (χ4v) is 5.24. The van der Waals surface area contributed by atoms with Crippen LogP contribution in [0.2, 0.25) is 0 Å². The third-order valence-electron chi connectivity index (χ3n) is 3.87. The van der Waals surface area contributed by atoms with Crippen molar-refractivity contribution in [2.75, 3.05) is 13.2 Å². The molecule has 0 radical (unpaired) electrons. The van der Waals surface area contributed by atoms with Gasteiger partial charge in [-0.05, 0) is 28.8 Å². The van der Waals surface area contributed by atoms with Gasteiger partial charge in [0.1, 0.15) is 0 Å². The lowest BCUT2D eigenvalue weighted by molar-refractivity contribution is -0.178. The van der Waals surface area contributed by atoms with Crippen LogP contribution in [0.5, 0.6) is 0 Å². The number of aromatic nitrogens is 3. The minimum absolute atomic E-state index is 0.0381. The standard InChI is InChI=1S/C11H17BrN4O4S/c1-16-10(9(12)13-15-16)21(17,18)14-8-2-4-11(5-3-8)19-6-7-20-11/h8,14H,2-7H2,1H3. The molecule has 1 N–H and O–H groups in total. The van der Waals surface area contributed by atoms with Gasteiger partial charge in [0.25, 0.3) is 10.0 Å². The number of sulfonamides is 1. The highest BCUT2D eigenvalue weighted by atomic mass is 79.9. The van der Waals surface area contributed by atoms with Gasteiger partial charge in [0, 0.05) is 25.9 Å². The number of nitrogens with one attached hydrogen (secondary N) is 1. The summed E-state index contributed by atoms with van der Waals surface area (Å²) >= 11 is 3.11. The van der Waals surface area contributed by atoms with E-state index in [0.29, 0.717) is 38.9 Å². The molecule has 10 heteroatoms. The molecule has 0 bridgehead atoms. The maximum absolute atomic E-state index is 12.4. The number of ether oxygens (including phenoxy) is 2. The van der Waals surface area contributed by atoms with E-state index in [4.69, 9.17) is 9.47 Å². The van der Waals surface area contributed by atoms with E-state index < -0.39 is 15.8 Å². The number of aryl methyl sites for hydroxylation is 1. The van der Waals surface area contributed by atoms with Crippen LogP contribution in [0, 0.1) is 0 Å². The average Bonchev–Trinajstić information content (AvgIpc) is 3.00. The molecule has 0 atom stereocenters. The summed E-state index contributed by atoms with van der Waals surface area (Å²) < 4.78 is 40.3. The molecule has 1 aromatic heterocycles. The van der Waals surface area contributed by atoms with Crippen molar-refractivity contribution in [3.05, 3.63) is 4.60 Å². The molecule has 1 aromatic rings. The molecule has 0 aromatic carbocycles. The predicted octanol–water partition coefficient (Wildman–Crippen LogP) is 0.542. The Morgan fingerprint density at radius 2 is 1.95 bits per heavy atom. The van der Waals surface area contributed by atoms with Gasteiger partial charge in [0.15, 0.2) is 10.4 Å². The van der Waals surface area contributed by atoms with Crippen LogP contribution in [0.15, 0.2) is 9.63 Å². The van der Waals surface area contributed by atoms with Crippen molar-refractivity contribution in [1.29, 1.82) is 0 Å². The lowest BCUT2D eigenvalue weighted by atomic mass is 9.91. The van der Waals surface area contributed by atoms with E-state index in [-0.39, 0.29) is 15.7 Å². The summed E-state index contributed by atoms with van der Waals surface area (Å²) in [6.45, 7) is 1.23. The predicted molar refractivity (Wildman–Crippen MR) is 75.9 cm³/mol. The number of hydrogen-bond donors (Lipinski definition) is 1. The van der Waals surface area contributed by atoms with Crippen LogP contribution < -0.4 is 4.72 Å². The number of halogens is 1. The van der Waals surface area contributed by atoms with Crippen molar-refractivity contribution in [1.82, 2.24) is 19.7 Å². The van der Waals surface area contributed by atoms with Crippen LogP contribution in [0.1, 0.15) is 25.7 Å². The zero-order chi connectivity index (χ0) is 15.1.